The summed E-state index contributed by atoms with van der Waals surface area (Å²) in [6.45, 7) is 2.92. The van der Waals surface area contributed by atoms with Crippen LogP contribution in [0.15, 0.2) is 29.3 Å². The molecule has 2 aliphatic rings. The summed E-state index contributed by atoms with van der Waals surface area (Å²) in [4.78, 5) is 6.97. The lowest BCUT2D eigenvalue weighted by atomic mass is 10.1. The number of rotatable bonds is 5. The summed E-state index contributed by atoms with van der Waals surface area (Å²) >= 11 is 0. The molecule has 0 aromatic heterocycles. The van der Waals surface area contributed by atoms with Crippen LogP contribution in [0.2, 0.25) is 0 Å². The van der Waals surface area contributed by atoms with E-state index in [-0.39, 0.29) is 24.0 Å². The first-order valence-electron chi connectivity index (χ1n) is 8.70. The van der Waals surface area contributed by atoms with Crippen molar-refractivity contribution in [2.75, 3.05) is 31.6 Å². The minimum absolute atomic E-state index is 0. The second-order valence-corrected chi connectivity index (χ2v) is 6.65. The van der Waals surface area contributed by atoms with Crippen LogP contribution in [-0.2, 0) is 0 Å². The van der Waals surface area contributed by atoms with Gasteiger partial charge in [0.2, 0.25) is 0 Å². The summed E-state index contributed by atoms with van der Waals surface area (Å²) < 4.78 is 5.31. The van der Waals surface area contributed by atoms with E-state index in [1.165, 1.54) is 31.4 Å². The number of benzene rings is 1. The van der Waals surface area contributed by atoms with E-state index >= 15 is 0 Å². The number of hydrogen-bond acceptors (Lipinski definition) is 3. The van der Waals surface area contributed by atoms with E-state index in [9.17, 15) is 0 Å². The Hall–Kier alpha value is -1.18. The Labute approximate surface area is 162 Å². The smallest absolute Gasteiger partial charge is 0.188 e. The molecule has 0 spiro atoms. The fourth-order valence-corrected chi connectivity index (χ4v) is 3.58. The van der Waals surface area contributed by atoms with E-state index in [2.05, 4.69) is 27.3 Å². The van der Waals surface area contributed by atoms with Gasteiger partial charge < -0.3 is 20.7 Å². The monoisotopic (exact) mass is 444 g/mol. The van der Waals surface area contributed by atoms with Gasteiger partial charge >= 0.3 is 0 Å². The molecule has 2 fully saturated rings. The largest absolute Gasteiger partial charge is 0.497 e. The highest BCUT2D eigenvalue weighted by atomic mass is 127. The number of nitrogens with one attached hydrogen (secondary N) is 1. The molecule has 134 valence electrons. The van der Waals surface area contributed by atoms with Crippen LogP contribution in [0.1, 0.15) is 32.1 Å². The molecular formula is C18H29IN4O. The zero-order valence-corrected chi connectivity index (χ0v) is 16.7. The number of methoxy groups -OCH3 is 1. The molecule has 1 aromatic rings. The maximum atomic E-state index is 6.02. The maximum absolute atomic E-state index is 6.02. The van der Waals surface area contributed by atoms with Gasteiger partial charge in [-0.25, -0.2) is 0 Å². The quantitative estimate of drug-likeness (QED) is 0.417. The lowest BCUT2D eigenvalue weighted by Crippen LogP contribution is -2.38. The van der Waals surface area contributed by atoms with Gasteiger partial charge in [0.05, 0.1) is 7.11 Å². The Morgan fingerprint density at radius 3 is 2.88 bits per heavy atom. The highest BCUT2D eigenvalue weighted by molar-refractivity contribution is 14.0. The predicted molar refractivity (Wildman–Crippen MR) is 111 cm³/mol. The molecule has 3 rings (SSSR count). The van der Waals surface area contributed by atoms with Crippen LogP contribution in [0.5, 0.6) is 5.75 Å². The van der Waals surface area contributed by atoms with Gasteiger partial charge in [0.25, 0.3) is 0 Å². The Morgan fingerprint density at radius 2 is 2.12 bits per heavy atom. The van der Waals surface area contributed by atoms with Gasteiger partial charge in [-0.05, 0) is 37.3 Å². The Bertz CT molecular complexity index is 546. The van der Waals surface area contributed by atoms with Crippen molar-refractivity contribution in [1.82, 2.24) is 5.32 Å². The van der Waals surface area contributed by atoms with Crippen LogP contribution in [0.25, 0.3) is 0 Å². The van der Waals surface area contributed by atoms with Gasteiger partial charge in [-0.15, -0.1) is 24.0 Å². The Morgan fingerprint density at radius 1 is 1.33 bits per heavy atom. The van der Waals surface area contributed by atoms with Crippen LogP contribution >= 0.6 is 24.0 Å². The number of halogens is 1. The van der Waals surface area contributed by atoms with Crippen molar-refractivity contribution >= 4 is 35.6 Å². The number of ether oxygens (including phenoxy) is 1. The molecule has 1 saturated heterocycles. The highest BCUT2D eigenvalue weighted by Crippen LogP contribution is 2.27. The fourth-order valence-electron chi connectivity index (χ4n) is 3.58. The van der Waals surface area contributed by atoms with Crippen molar-refractivity contribution in [3.63, 3.8) is 0 Å². The molecule has 1 saturated carbocycles. The molecule has 1 unspecified atom stereocenters. The van der Waals surface area contributed by atoms with E-state index < -0.39 is 0 Å². The zero-order valence-electron chi connectivity index (χ0n) is 14.4. The maximum Gasteiger partial charge on any atom is 0.188 e. The van der Waals surface area contributed by atoms with Crippen molar-refractivity contribution in [3.05, 3.63) is 24.3 Å². The Balaban J connectivity index is 0.00000208. The lowest BCUT2D eigenvalue weighted by Gasteiger charge is -2.19. The third-order valence-electron chi connectivity index (χ3n) is 4.93. The minimum atomic E-state index is 0. The average molecular weight is 444 g/mol. The van der Waals surface area contributed by atoms with Gasteiger partial charge in [0.15, 0.2) is 5.96 Å². The summed E-state index contributed by atoms with van der Waals surface area (Å²) in [5.74, 6) is 2.11. The summed E-state index contributed by atoms with van der Waals surface area (Å²) in [5.41, 5.74) is 7.25. The van der Waals surface area contributed by atoms with Gasteiger partial charge in [-0.3, -0.25) is 4.99 Å². The second-order valence-electron chi connectivity index (χ2n) is 6.65. The molecule has 5 nitrogen and oxygen atoms in total. The number of anilines is 1. The molecule has 3 N–H and O–H groups in total. The summed E-state index contributed by atoms with van der Waals surface area (Å²) in [5, 5.41) is 3.36. The third kappa shape index (κ3) is 5.16. The van der Waals surface area contributed by atoms with Gasteiger partial charge in [0.1, 0.15) is 5.75 Å². The van der Waals surface area contributed by atoms with E-state index in [4.69, 9.17) is 10.5 Å². The molecule has 1 heterocycles. The predicted octanol–water partition coefficient (Wildman–Crippen LogP) is 2.99. The van der Waals surface area contributed by atoms with Gasteiger partial charge in [0, 0.05) is 37.4 Å². The van der Waals surface area contributed by atoms with E-state index in [0.717, 1.165) is 31.8 Å². The van der Waals surface area contributed by atoms with Crippen molar-refractivity contribution in [3.8, 4) is 5.75 Å². The molecule has 1 aliphatic carbocycles. The minimum Gasteiger partial charge on any atom is -0.497 e. The first-order valence-corrected chi connectivity index (χ1v) is 8.70. The number of guanidine groups is 1. The molecule has 24 heavy (non-hydrogen) atoms. The molecule has 1 atom stereocenters. The van der Waals surface area contributed by atoms with Gasteiger partial charge in [-0.1, -0.05) is 18.9 Å². The average Bonchev–Trinajstić information content (AvgIpc) is 3.24. The topological polar surface area (TPSA) is 62.9 Å². The van der Waals surface area contributed by atoms with Gasteiger partial charge in [-0.2, -0.15) is 0 Å². The molecule has 0 bridgehead atoms. The molecule has 1 aliphatic heterocycles. The summed E-state index contributed by atoms with van der Waals surface area (Å²) in [7, 11) is 1.71. The lowest BCUT2D eigenvalue weighted by molar-refractivity contribution is 0.415. The normalized spacial score (nSPS) is 21.6. The second kappa shape index (κ2) is 9.34. The highest BCUT2D eigenvalue weighted by Gasteiger charge is 2.23. The van der Waals surface area contributed by atoms with Crippen molar-refractivity contribution in [2.24, 2.45) is 16.6 Å². The number of aliphatic imine (C=N–C) groups is 1. The molecule has 0 radical (unpaired) electrons. The van der Waals surface area contributed by atoms with Crippen molar-refractivity contribution < 1.29 is 4.74 Å². The number of hydrogen-bond donors (Lipinski definition) is 2. The number of nitrogens with zero attached hydrogens (tertiary/aromatic N) is 2. The molecule has 1 aromatic carbocycles. The summed E-state index contributed by atoms with van der Waals surface area (Å²) in [6, 6.07) is 8.81. The van der Waals surface area contributed by atoms with Crippen molar-refractivity contribution in [2.45, 2.75) is 38.1 Å². The molecule has 6 heteroatoms. The van der Waals surface area contributed by atoms with E-state index in [1.807, 2.05) is 12.1 Å². The zero-order chi connectivity index (χ0) is 16.1. The SMILES string of the molecule is COc1cccc(N2CCC(CN=C(N)NC3CCCC3)C2)c1.I. The van der Waals surface area contributed by atoms with Crippen molar-refractivity contribution in [1.29, 1.82) is 0 Å². The molecule has 0 amide bonds. The number of nitrogens with two attached hydrogens (primary N) is 1. The Kier molecular flexibility index (Phi) is 7.45. The first kappa shape index (κ1) is 19.1. The molecular weight excluding hydrogens is 415 g/mol. The van der Waals surface area contributed by atoms with Crippen LogP contribution in [-0.4, -0.2) is 38.7 Å². The van der Waals surface area contributed by atoms with Crippen LogP contribution in [0.4, 0.5) is 5.69 Å². The standard InChI is InChI=1S/C18H28N4O.HI/c1-23-17-8-4-7-16(11-17)22-10-9-14(13-22)12-20-18(19)21-15-5-2-3-6-15;/h4,7-8,11,14-15H,2-3,5-6,9-10,12-13H2,1H3,(H3,19,20,21);1H. The van der Waals surface area contributed by atoms with E-state index in [1.54, 1.807) is 7.11 Å². The third-order valence-corrected chi connectivity index (χ3v) is 4.93. The van der Waals surface area contributed by atoms with Crippen LogP contribution in [0.3, 0.4) is 0 Å². The fraction of sp³-hybridized carbons (Fsp3) is 0.611. The van der Waals surface area contributed by atoms with E-state index in [0.29, 0.717) is 17.9 Å². The van der Waals surface area contributed by atoms with Crippen LogP contribution < -0.4 is 20.7 Å². The summed E-state index contributed by atoms with van der Waals surface area (Å²) in [6.07, 6.45) is 6.23. The van der Waals surface area contributed by atoms with Crippen LogP contribution in [0, 0.1) is 5.92 Å². The first-order chi connectivity index (χ1) is 11.2.